The predicted octanol–water partition coefficient (Wildman–Crippen LogP) is 2.30. The number of benzene rings is 1. The van der Waals surface area contributed by atoms with Gasteiger partial charge in [-0.1, -0.05) is 19.1 Å². The highest BCUT2D eigenvalue weighted by Gasteiger charge is 2.19. The van der Waals surface area contributed by atoms with Crippen LogP contribution in [0, 0.1) is 0 Å². The molecule has 8 nitrogen and oxygen atoms in total. The van der Waals surface area contributed by atoms with E-state index in [9.17, 15) is 4.79 Å². The molecule has 0 radical (unpaired) electrons. The van der Waals surface area contributed by atoms with Crippen molar-refractivity contribution in [3.63, 3.8) is 0 Å². The number of para-hydroxylation sites is 1. The molecule has 4 rings (SSSR count). The van der Waals surface area contributed by atoms with Crippen molar-refractivity contribution in [3.8, 4) is 5.69 Å². The molecule has 4 aromatic rings. The van der Waals surface area contributed by atoms with Gasteiger partial charge < -0.3 is 5.32 Å². The fraction of sp³-hybridized carbons (Fsp3) is 0.176. The van der Waals surface area contributed by atoms with E-state index in [1.54, 1.807) is 27.8 Å². The summed E-state index contributed by atoms with van der Waals surface area (Å²) in [6, 6.07) is 9.14. The number of hydrogen-bond donors (Lipinski definition) is 2. The molecule has 8 heteroatoms. The second kappa shape index (κ2) is 5.90. The molecule has 2 N–H and O–H groups in total. The van der Waals surface area contributed by atoms with Gasteiger partial charge in [-0.05, 0) is 24.6 Å². The van der Waals surface area contributed by atoms with E-state index in [2.05, 4.69) is 25.7 Å². The maximum Gasteiger partial charge on any atom is 0.259 e. The van der Waals surface area contributed by atoms with Gasteiger partial charge in [0.1, 0.15) is 5.82 Å². The highest BCUT2D eigenvalue weighted by molar-refractivity contribution is 6.09. The summed E-state index contributed by atoms with van der Waals surface area (Å²) < 4.78 is 3.37. The first-order valence-electron chi connectivity index (χ1n) is 7.99. The Morgan fingerprint density at radius 2 is 2.12 bits per heavy atom. The van der Waals surface area contributed by atoms with Crippen LogP contribution in [0.3, 0.4) is 0 Å². The molecular formula is C17H17N7O. The quantitative estimate of drug-likeness (QED) is 0.598. The number of amides is 1. The monoisotopic (exact) mass is 335 g/mol. The molecule has 0 aliphatic heterocycles. The van der Waals surface area contributed by atoms with Crippen LogP contribution >= 0.6 is 0 Å². The first kappa shape index (κ1) is 15.1. The van der Waals surface area contributed by atoms with E-state index in [-0.39, 0.29) is 5.91 Å². The van der Waals surface area contributed by atoms with Gasteiger partial charge in [-0.3, -0.25) is 9.89 Å². The maximum atomic E-state index is 12.9. The summed E-state index contributed by atoms with van der Waals surface area (Å²) in [6.07, 6.45) is 4.23. The van der Waals surface area contributed by atoms with E-state index < -0.39 is 0 Å². The summed E-state index contributed by atoms with van der Waals surface area (Å²) in [5.74, 6) is 0.322. The first-order valence-corrected chi connectivity index (χ1v) is 7.99. The third-order valence-electron chi connectivity index (χ3n) is 4.09. The summed E-state index contributed by atoms with van der Waals surface area (Å²) >= 11 is 0. The molecule has 0 spiro atoms. The predicted molar refractivity (Wildman–Crippen MR) is 93.8 cm³/mol. The number of aryl methyl sites for hydroxylation is 2. The van der Waals surface area contributed by atoms with Gasteiger partial charge in [-0.25, -0.2) is 9.36 Å². The van der Waals surface area contributed by atoms with E-state index in [4.69, 9.17) is 0 Å². The van der Waals surface area contributed by atoms with Crippen molar-refractivity contribution in [2.45, 2.75) is 13.3 Å². The lowest BCUT2D eigenvalue weighted by Gasteiger charge is -2.09. The van der Waals surface area contributed by atoms with Crippen molar-refractivity contribution in [1.29, 1.82) is 0 Å². The Kier molecular flexibility index (Phi) is 3.57. The van der Waals surface area contributed by atoms with Gasteiger partial charge in [0.2, 0.25) is 0 Å². The Morgan fingerprint density at radius 3 is 2.88 bits per heavy atom. The van der Waals surface area contributed by atoms with Crippen molar-refractivity contribution in [3.05, 3.63) is 54.0 Å². The van der Waals surface area contributed by atoms with Gasteiger partial charge in [0, 0.05) is 19.4 Å². The van der Waals surface area contributed by atoms with Crippen LogP contribution in [0.1, 0.15) is 23.0 Å². The first-order chi connectivity index (χ1) is 12.2. The van der Waals surface area contributed by atoms with E-state index in [0.717, 1.165) is 17.5 Å². The van der Waals surface area contributed by atoms with E-state index in [1.165, 1.54) is 0 Å². The zero-order valence-electron chi connectivity index (χ0n) is 13.9. The summed E-state index contributed by atoms with van der Waals surface area (Å²) in [4.78, 5) is 12.9. The largest absolute Gasteiger partial charge is 0.306 e. The fourth-order valence-corrected chi connectivity index (χ4v) is 2.91. The second-order valence-electron chi connectivity index (χ2n) is 5.64. The van der Waals surface area contributed by atoms with Crippen molar-refractivity contribution in [2.75, 3.05) is 5.32 Å². The average molecular weight is 335 g/mol. The van der Waals surface area contributed by atoms with Gasteiger partial charge in [-0.15, -0.1) is 0 Å². The molecule has 0 aliphatic rings. The number of H-pyrrole nitrogens is 1. The molecule has 1 amide bonds. The zero-order chi connectivity index (χ0) is 17.4. The lowest BCUT2D eigenvalue weighted by molar-refractivity contribution is 0.102. The fourth-order valence-electron chi connectivity index (χ4n) is 2.91. The van der Waals surface area contributed by atoms with Crippen molar-refractivity contribution >= 4 is 22.8 Å². The molecule has 0 unspecified atom stereocenters. The standard InChI is InChI=1S/C17H17N7O/c1-3-12-14-15(20-21-16(14)23(2)22-12)19-17(25)11-7-4-5-8-13(11)24-10-6-9-18-24/h4-10H,3H2,1-2H3,(H2,19,20,21,25). The molecule has 126 valence electrons. The Balaban J connectivity index is 1.73. The molecule has 0 atom stereocenters. The molecule has 0 aliphatic carbocycles. The number of aromatic amines is 1. The zero-order valence-corrected chi connectivity index (χ0v) is 13.9. The Bertz CT molecular complexity index is 1040. The normalized spacial score (nSPS) is 11.1. The van der Waals surface area contributed by atoms with Crippen LogP contribution in [0.25, 0.3) is 16.7 Å². The highest BCUT2D eigenvalue weighted by atomic mass is 16.1. The molecule has 25 heavy (non-hydrogen) atoms. The number of nitrogens with zero attached hydrogens (tertiary/aromatic N) is 5. The summed E-state index contributed by atoms with van der Waals surface area (Å²) in [7, 11) is 1.83. The van der Waals surface area contributed by atoms with E-state index in [1.807, 2.05) is 38.2 Å². The van der Waals surface area contributed by atoms with Crippen molar-refractivity contribution < 1.29 is 4.79 Å². The Hall–Kier alpha value is -3.42. The molecule has 0 fully saturated rings. The topological polar surface area (TPSA) is 93.4 Å². The number of anilines is 1. The summed E-state index contributed by atoms with van der Waals surface area (Å²) in [6.45, 7) is 2.02. The number of carbonyl (C=O) groups excluding carboxylic acids is 1. The van der Waals surface area contributed by atoms with Crippen LogP contribution in [-0.4, -0.2) is 35.7 Å². The van der Waals surface area contributed by atoms with Gasteiger partial charge in [0.15, 0.2) is 5.65 Å². The van der Waals surface area contributed by atoms with Crippen LogP contribution in [0.2, 0.25) is 0 Å². The number of aromatic nitrogens is 6. The highest BCUT2D eigenvalue weighted by Crippen LogP contribution is 2.25. The SMILES string of the molecule is CCc1nn(C)c2n[nH]c(NC(=O)c3ccccc3-n3cccn3)c12. The number of hydrogen-bond acceptors (Lipinski definition) is 4. The Labute approximate surface area is 143 Å². The van der Waals surface area contributed by atoms with Gasteiger partial charge in [-0.2, -0.15) is 15.3 Å². The van der Waals surface area contributed by atoms with Crippen LogP contribution in [0.15, 0.2) is 42.7 Å². The minimum atomic E-state index is -0.234. The summed E-state index contributed by atoms with van der Waals surface area (Å²) in [5, 5.41) is 19.6. The van der Waals surface area contributed by atoms with Crippen LogP contribution in [0.5, 0.6) is 0 Å². The van der Waals surface area contributed by atoms with E-state index >= 15 is 0 Å². The van der Waals surface area contributed by atoms with Gasteiger partial charge in [0.05, 0.1) is 22.3 Å². The Morgan fingerprint density at radius 1 is 1.28 bits per heavy atom. The minimum absolute atomic E-state index is 0.234. The van der Waals surface area contributed by atoms with Crippen molar-refractivity contribution in [1.82, 2.24) is 29.8 Å². The lowest BCUT2D eigenvalue weighted by atomic mass is 10.1. The number of rotatable bonds is 4. The number of nitrogens with one attached hydrogen (secondary N) is 2. The maximum absolute atomic E-state index is 12.9. The van der Waals surface area contributed by atoms with Gasteiger partial charge in [0.25, 0.3) is 5.91 Å². The molecule has 3 heterocycles. The molecule has 0 saturated heterocycles. The molecule has 0 bridgehead atoms. The third-order valence-corrected chi connectivity index (χ3v) is 4.09. The number of fused-ring (bicyclic) bond motifs is 1. The third kappa shape index (κ3) is 2.47. The number of carbonyl (C=O) groups is 1. The molecule has 1 aromatic carbocycles. The van der Waals surface area contributed by atoms with Crippen LogP contribution < -0.4 is 5.32 Å². The smallest absolute Gasteiger partial charge is 0.259 e. The molecule has 0 saturated carbocycles. The van der Waals surface area contributed by atoms with E-state index in [0.29, 0.717) is 22.7 Å². The minimum Gasteiger partial charge on any atom is -0.306 e. The second-order valence-corrected chi connectivity index (χ2v) is 5.64. The van der Waals surface area contributed by atoms with Crippen LogP contribution in [-0.2, 0) is 13.5 Å². The molecular weight excluding hydrogens is 318 g/mol. The van der Waals surface area contributed by atoms with Crippen molar-refractivity contribution in [2.24, 2.45) is 7.05 Å². The van der Waals surface area contributed by atoms with Crippen LogP contribution in [0.4, 0.5) is 5.82 Å². The summed E-state index contributed by atoms with van der Waals surface area (Å²) in [5.41, 5.74) is 2.84. The lowest BCUT2D eigenvalue weighted by Crippen LogP contribution is -2.15. The van der Waals surface area contributed by atoms with Gasteiger partial charge >= 0.3 is 0 Å². The molecule has 3 aromatic heterocycles. The average Bonchev–Trinajstić information content (AvgIpc) is 3.35.